The number of halogens is 2. The summed E-state index contributed by atoms with van der Waals surface area (Å²) in [7, 11) is 1.55. The van der Waals surface area contributed by atoms with E-state index in [1.165, 1.54) is 23.1 Å². The first-order chi connectivity index (χ1) is 14.5. The molecule has 1 aliphatic rings. The molecule has 0 spiro atoms. The molecule has 0 radical (unpaired) electrons. The van der Waals surface area contributed by atoms with Crippen LogP contribution in [-0.2, 0) is 11.3 Å². The van der Waals surface area contributed by atoms with Gasteiger partial charge in [0.05, 0.1) is 18.7 Å². The Morgan fingerprint density at radius 1 is 1.27 bits per heavy atom. The molecule has 0 atom stereocenters. The fourth-order valence-corrected chi connectivity index (χ4v) is 3.33. The van der Waals surface area contributed by atoms with Gasteiger partial charge in [-0.05, 0) is 30.3 Å². The van der Waals surface area contributed by atoms with E-state index in [1.807, 2.05) is 12.1 Å². The van der Waals surface area contributed by atoms with Crippen molar-refractivity contribution in [1.29, 1.82) is 0 Å². The van der Waals surface area contributed by atoms with Crippen molar-refractivity contribution < 1.29 is 23.4 Å². The van der Waals surface area contributed by atoms with Gasteiger partial charge in [0.15, 0.2) is 11.5 Å². The molecule has 0 saturated heterocycles. The van der Waals surface area contributed by atoms with E-state index in [2.05, 4.69) is 10.3 Å². The Bertz CT molecular complexity index is 1100. The summed E-state index contributed by atoms with van der Waals surface area (Å²) in [6.07, 6.45) is 0. The molecule has 0 bridgehead atoms. The highest BCUT2D eigenvalue weighted by Crippen LogP contribution is 2.36. The number of carbonyl (C=O) groups is 1. The van der Waals surface area contributed by atoms with Gasteiger partial charge in [-0.15, -0.1) is 0 Å². The van der Waals surface area contributed by atoms with Crippen molar-refractivity contribution in [2.24, 2.45) is 0 Å². The SMILES string of the molecule is COCCN(Cc1cc2cc3c(cc2nc1Cl)OCO3)C(=O)Nc1cccc(F)c1. The van der Waals surface area contributed by atoms with E-state index < -0.39 is 11.8 Å². The highest BCUT2D eigenvalue weighted by Gasteiger charge is 2.19. The lowest BCUT2D eigenvalue weighted by Gasteiger charge is -2.23. The standard InChI is InChI=1S/C21H19ClFN3O4/c1-28-6-5-26(21(27)24-16-4-2-3-15(23)9-16)11-14-7-13-8-18-19(30-12-29-18)10-17(13)25-20(14)22/h2-4,7-10H,5-6,11-12H2,1H3,(H,24,27). The number of ether oxygens (including phenoxy) is 3. The average molecular weight is 432 g/mol. The van der Waals surface area contributed by atoms with Crippen molar-refractivity contribution >= 4 is 34.2 Å². The Morgan fingerprint density at radius 3 is 2.83 bits per heavy atom. The lowest BCUT2D eigenvalue weighted by molar-refractivity contribution is 0.153. The largest absolute Gasteiger partial charge is 0.454 e. The minimum Gasteiger partial charge on any atom is -0.454 e. The first kappa shape index (κ1) is 20.2. The van der Waals surface area contributed by atoms with Gasteiger partial charge >= 0.3 is 6.03 Å². The lowest BCUT2D eigenvalue weighted by atomic mass is 10.1. The molecule has 1 aliphatic heterocycles. The van der Waals surface area contributed by atoms with Crippen LogP contribution < -0.4 is 14.8 Å². The highest BCUT2D eigenvalue weighted by molar-refractivity contribution is 6.30. The van der Waals surface area contributed by atoms with E-state index >= 15 is 0 Å². The van der Waals surface area contributed by atoms with Gasteiger partial charge in [-0.2, -0.15) is 0 Å². The van der Waals surface area contributed by atoms with E-state index in [1.54, 1.807) is 19.2 Å². The van der Waals surface area contributed by atoms with Crippen molar-refractivity contribution in [1.82, 2.24) is 9.88 Å². The summed E-state index contributed by atoms with van der Waals surface area (Å²) >= 11 is 6.40. The molecule has 1 aromatic heterocycles. The number of nitrogens with one attached hydrogen (secondary N) is 1. The average Bonchev–Trinajstić information content (AvgIpc) is 3.17. The van der Waals surface area contributed by atoms with Crippen LogP contribution in [0.15, 0.2) is 42.5 Å². The molecule has 3 aromatic rings. The molecular formula is C21H19ClFN3O4. The van der Waals surface area contributed by atoms with Crippen LogP contribution in [0.5, 0.6) is 11.5 Å². The second-order valence-corrected chi connectivity index (χ2v) is 7.05. The second kappa shape index (κ2) is 8.73. The molecule has 0 fully saturated rings. The van der Waals surface area contributed by atoms with Crippen LogP contribution in [0.25, 0.3) is 10.9 Å². The van der Waals surface area contributed by atoms with E-state index in [0.717, 1.165) is 5.39 Å². The number of urea groups is 1. The van der Waals surface area contributed by atoms with Gasteiger partial charge in [-0.1, -0.05) is 17.7 Å². The van der Waals surface area contributed by atoms with Crippen LogP contribution in [0.4, 0.5) is 14.9 Å². The molecule has 4 rings (SSSR count). The molecule has 2 heterocycles. The van der Waals surface area contributed by atoms with Gasteiger partial charge < -0.3 is 24.4 Å². The number of benzene rings is 2. The zero-order valence-electron chi connectivity index (χ0n) is 16.2. The predicted molar refractivity (Wildman–Crippen MR) is 111 cm³/mol. The first-order valence-electron chi connectivity index (χ1n) is 9.22. The van der Waals surface area contributed by atoms with E-state index in [9.17, 15) is 9.18 Å². The van der Waals surface area contributed by atoms with Crippen molar-refractivity contribution in [2.45, 2.75) is 6.54 Å². The highest BCUT2D eigenvalue weighted by atomic mass is 35.5. The fourth-order valence-electron chi connectivity index (χ4n) is 3.12. The Morgan fingerprint density at radius 2 is 2.07 bits per heavy atom. The lowest BCUT2D eigenvalue weighted by Crippen LogP contribution is -2.37. The molecular weight excluding hydrogens is 413 g/mol. The Hall–Kier alpha value is -3.10. The number of amides is 2. The minimum atomic E-state index is -0.434. The van der Waals surface area contributed by atoms with Gasteiger partial charge in [-0.25, -0.2) is 14.2 Å². The number of methoxy groups -OCH3 is 1. The van der Waals surface area contributed by atoms with Crippen LogP contribution in [0.2, 0.25) is 5.15 Å². The maximum atomic E-state index is 13.4. The Labute approximate surface area is 177 Å². The predicted octanol–water partition coefficient (Wildman–Crippen LogP) is 4.44. The molecule has 0 aliphatic carbocycles. The smallest absolute Gasteiger partial charge is 0.322 e. The van der Waals surface area contributed by atoms with Crippen molar-refractivity contribution in [3.05, 3.63) is 59.0 Å². The van der Waals surface area contributed by atoms with Crippen LogP contribution in [0, 0.1) is 5.82 Å². The van der Waals surface area contributed by atoms with E-state index in [-0.39, 0.29) is 18.5 Å². The summed E-state index contributed by atoms with van der Waals surface area (Å²) in [5, 5.41) is 3.79. The maximum absolute atomic E-state index is 13.4. The van der Waals surface area contributed by atoms with Crippen LogP contribution >= 0.6 is 11.6 Å². The molecule has 2 amide bonds. The van der Waals surface area contributed by atoms with Gasteiger partial charge in [-0.3, -0.25) is 0 Å². The van der Waals surface area contributed by atoms with Crippen LogP contribution in [0.3, 0.4) is 0 Å². The van der Waals surface area contributed by atoms with Crippen molar-refractivity contribution in [3.8, 4) is 11.5 Å². The van der Waals surface area contributed by atoms with Gasteiger partial charge in [0.1, 0.15) is 11.0 Å². The molecule has 30 heavy (non-hydrogen) atoms. The topological polar surface area (TPSA) is 72.9 Å². The van der Waals surface area contributed by atoms with Crippen molar-refractivity contribution in [2.75, 3.05) is 32.4 Å². The summed E-state index contributed by atoms with van der Waals surface area (Å²) in [5.41, 5.74) is 1.69. The molecule has 2 aromatic carbocycles. The van der Waals surface area contributed by atoms with E-state index in [0.29, 0.717) is 41.4 Å². The summed E-state index contributed by atoms with van der Waals surface area (Å²) in [4.78, 5) is 18.8. The quantitative estimate of drug-likeness (QED) is 0.584. The van der Waals surface area contributed by atoms with Crippen molar-refractivity contribution in [3.63, 3.8) is 0 Å². The van der Waals surface area contributed by atoms with Gasteiger partial charge in [0.25, 0.3) is 0 Å². The third kappa shape index (κ3) is 4.39. The number of rotatable bonds is 6. The Kier molecular flexibility index (Phi) is 5.87. The Balaban J connectivity index is 1.59. The number of anilines is 1. The normalized spacial score (nSPS) is 12.2. The summed E-state index contributed by atoms with van der Waals surface area (Å²) in [6, 6.07) is 10.8. The molecule has 1 N–H and O–H groups in total. The zero-order valence-corrected chi connectivity index (χ0v) is 16.9. The zero-order chi connectivity index (χ0) is 21.1. The number of pyridine rings is 1. The fraction of sp³-hybridized carbons (Fsp3) is 0.238. The third-order valence-corrected chi connectivity index (χ3v) is 4.95. The number of carbonyl (C=O) groups excluding carboxylic acids is 1. The number of aromatic nitrogens is 1. The summed E-state index contributed by atoms with van der Waals surface area (Å²) < 4.78 is 29.3. The van der Waals surface area contributed by atoms with Crippen LogP contribution in [-0.4, -0.2) is 43.0 Å². The number of nitrogens with zero attached hydrogens (tertiary/aromatic N) is 2. The van der Waals surface area contributed by atoms with E-state index in [4.69, 9.17) is 25.8 Å². The summed E-state index contributed by atoms with van der Waals surface area (Å²) in [6.45, 7) is 0.999. The second-order valence-electron chi connectivity index (χ2n) is 6.69. The van der Waals surface area contributed by atoms with Gasteiger partial charge in [0.2, 0.25) is 6.79 Å². The summed E-state index contributed by atoms with van der Waals surface area (Å²) in [5.74, 6) is 0.824. The molecule has 9 heteroatoms. The first-order valence-corrected chi connectivity index (χ1v) is 9.60. The molecule has 0 unspecified atom stereocenters. The molecule has 0 saturated carbocycles. The molecule has 156 valence electrons. The minimum absolute atomic E-state index is 0.164. The van der Waals surface area contributed by atoms with Crippen LogP contribution in [0.1, 0.15) is 5.56 Å². The number of hydrogen-bond donors (Lipinski definition) is 1. The number of hydrogen-bond acceptors (Lipinski definition) is 5. The molecule has 7 nitrogen and oxygen atoms in total. The number of fused-ring (bicyclic) bond motifs is 2. The van der Waals surface area contributed by atoms with Gasteiger partial charge in [0, 0.05) is 36.4 Å². The monoisotopic (exact) mass is 431 g/mol. The third-order valence-electron chi connectivity index (χ3n) is 4.62. The maximum Gasteiger partial charge on any atom is 0.322 e.